The minimum absolute atomic E-state index is 0.0220. The maximum atomic E-state index is 13.5. The zero-order chi connectivity index (χ0) is 28.7. The summed E-state index contributed by atoms with van der Waals surface area (Å²) in [5.41, 5.74) is 8.38. The normalized spacial score (nSPS) is 15.4. The first-order valence-corrected chi connectivity index (χ1v) is 15.2. The Morgan fingerprint density at radius 1 is 1.02 bits per heavy atom. The van der Waals surface area contributed by atoms with Gasteiger partial charge in [0, 0.05) is 7.11 Å². The lowest BCUT2D eigenvalue weighted by Gasteiger charge is -2.28. The highest BCUT2D eigenvalue weighted by molar-refractivity contribution is 9.10. The highest BCUT2D eigenvalue weighted by Gasteiger charge is 2.37. The van der Waals surface area contributed by atoms with E-state index >= 15 is 0 Å². The second-order valence-corrected chi connectivity index (χ2v) is 11.6. The summed E-state index contributed by atoms with van der Waals surface area (Å²) in [4.78, 5) is 24.4. The number of nitrogens with two attached hydrogens (primary N) is 1. The van der Waals surface area contributed by atoms with E-state index in [2.05, 4.69) is 30.9 Å². The van der Waals surface area contributed by atoms with Crippen molar-refractivity contribution in [2.24, 2.45) is 0 Å². The molecule has 4 aromatic rings. The largest absolute Gasteiger partial charge is 0.461 e. The summed E-state index contributed by atoms with van der Waals surface area (Å²) in [6.07, 6.45) is 0.140. The first-order chi connectivity index (χ1) is 19.2. The Morgan fingerprint density at radius 3 is 2.30 bits per heavy atom. The van der Waals surface area contributed by atoms with E-state index in [1.807, 2.05) is 43.3 Å². The van der Waals surface area contributed by atoms with Crippen molar-refractivity contribution in [1.82, 2.24) is 19.5 Å². The summed E-state index contributed by atoms with van der Waals surface area (Å²) in [5.74, 6) is -1.08. The van der Waals surface area contributed by atoms with Crippen LogP contribution in [0.3, 0.4) is 0 Å². The van der Waals surface area contributed by atoms with Crippen LogP contribution in [-0.4, -0.2) is 57.4 Å². The Balaban J connectivity index is 1.76. The van der Waals surface area contributed by atoms with E-state index in [9.17, 15) is 9.46 Å². The number of methoxy groups -OCH3 is 1. The number of imidazole rings is 1. The minimum Gasteiger partial charge on any atom is -0.461 e. The lowest BCUT2D eigenvalue weighted by Crippen LogP contribution is -2.21. The molecule has 0 saturated carbocycles. The molecule has 214 valence electrons. The van der Waals surface area contributed by atoms with Crippen LogP contribution in [0, 0.1) is 0 Å². The first kappa shape index (κ1) is 30.1. The Kier molecular flexibility index (Phi) is 10.3. The lowest BCUT2D eigenvalue weighted by atomic mass is 10.1. The van der Waals surface area contributed by atoms with Crippen LogP contribution in [0.15, 0.2) is 65.4 Å². The summed E-state index contributed by atoms with van der Waals surface area (Å²) in [7, 11) is -2.68. The standard InChI is InChI=1S/C27H33BrN5O6P/c1-4-18(2)39-40(34,35)25(20-13-9-6-10-14-20)38-17-21(19-11-7-5-8-12-19)33-24-22(30-26(33)28)23(29)31-27(32-24)37-16-15-36-3/h5-14,18,21,25H,4,15-17H2,1-3H3,(H,34,35)(H2,29,31,32). The van der Waals surface area contributed by atoms with Gasteiger partial charge >= 0.3 is 13.6 Å². The van der Waals surface area contributed by atoms with Gasteiger partial charge in [-0.1, -0.05) is 67.6 Å². The van der Waals surface area contributed by atoms with E-state index in [1.165, 1.54) is 0 Å². The molecule has 11 nitrogen and oxygen atoms in total. The number of fused-ring (bicyclic) bond motifs is 1. The molecule has 13 heteroatoms. The van der Waals surface area contributed by atoms with Crippen LogP contribution < -0.4 is 10.5 Å². The monoisotopic (exact) mass is 633 g/mol. The fourth-order valence-corrected chi connectivity index (χ4v) is 6.26. The number of rotatable bonds is 14. The molecule has 0 aliphatic rings. The van der Waals surface area contributed by atoms with Crippen LogP contribution in [0.4, 0.5) is 5.82 Å². The van der Waals surface area contributed by atoms with Gasteiger partial charge in [-0.2, -0.15) is 9.97 Å². The van der Waals surface area contributed by atoms with Crippen molar-refractivity contribution in [3.05, 3.63) is 76.5 Å². The summed E-state index contributed by atoms with van der Waals surface area (Å²) < 4.78 is 38.3. The fourth-order valence-electron chi connectivity index (χ4n) is 4.07. The van der Waals surface area contributed by atoms with E-state index in [1.54, 1.807) is 42.9 Å². The van der Waals surface area contributed by atoms with Gasteiger partial charge in [0.15, 0.2) is 27.6 Å². The first-order valence-electron chi connectivity index (χ1n) is 12.8. The van der Waals surface area contributed by atoms with Crippen LogP contribution >= 0.6 is 23.5 Å². The average Bonchev–Trinajstić information content (AvgIpc) is 3.28. The molecule has 0 aliphatic carbocycles. The Morgan fingerprint density at radius 2 is 1.68 bits per heavy atom. The molecule has 2 aromatic heterocycles. The van der Waals surface area contributed by atoms with Crippen molar-refractivity contribution in [3.8, 4) is 6.01 Å². The van der Waals surface area contributed by atoms with Crippen molar-refractivity contribution in [3.63, 3.8) is 0 Å². The molecule has 0 fully saturated rings. The van der Waals surface area contributed by atoms with E-state index in [4.69, 9.17) is 24.5 Å². The van der Waals surface area contributed by atoms with Gasteiger partial charge in [-0.15, -0.1) is 0 Å². The fraction of sp³-hybridized carbons (Fsp3) is 0.370. The summed E-state index contributed by atoms with van der Waals surface area (Å²) in [6.45, 7) is 4.21. The number of benzene rings is 2. The summed E-state index contributed by atoms with van der Waals surface area (Å²) in [5, 5.41) is 0. The second kappa shape index (κ2) is 13.7. The Bertz CT molecular complexity index is 1440. The topological polar surface area (TPSA) is 144 Å². The number of aromatic nitrogens is 4. The molecular weight excluding hydrogens is 601 g/mol. The molecule has 0 saturated heterocycles. The second-order valence-electron chi connectivity index (χ2n) is 9.07. The van der Waals surface area contributed by atoms with Gasteiger partial charge in [-0.3, -0.25) is 9.13 Å². The molecule has 4 rings (SSSR count). The highest BCUT2D eigenvalue weighted by atomic mass is 79.9. The Labute approximate surface area is 241 Å². The third kappa shape index (κ3) is 7.06. The van der Waals surface area contributed by atoms with Gasteiger partial charge in [0.1, 0.15) is 6.61 Å². The van der Waals surface area contributed by atoms with Crippen molar-refractivity contribution in [2.45, 2.75) is 38.3 Å². The number of hydrogen-bond donors (Lipinski definition) is 2. The van der Waals surface area contributed by atoms with Crippen molar-refractivity contribution >= 4 is 40.5 Å². The lowest BCUT2D eigenvalue weighted by molar-refractivity contribution is 0.0551. The zero-order valence-electron chi connectivity index (χ0n) is 22.5. The third-order valence-corrected chi connectivity index (χ3v) is 8.48. The highest BCUT2D eigenvalue weighted by Crippen LogP contribution is 2.58. The van der Waals surface area contributed by atoms with E-state index in [0.717, 1.165) is 5.56 Å². The molecule has 0 radical (unpaired) electrons. The average molecular weight is 634 g/mol. The number of nitrogen functional groups attached to an aromatic ring is 1. The van der Waals surface area contributed by atoms with Crippen molar-refractivity contribution in [2.75, 3.05) is 32.7 Å². The van der Waals surface area contributed by atoms with Crippen LogP contribution in [-0.2, 0) is 18.6 Å². The number of nitrogens with zero attached hydrogens (tertiary/aromatic N) is 4. The van der Waals surface area contributed by atoms with Gasteiger partial charge in [0.2, 0.25) is 0 Å². The molecule has 40 heavy (non-hydrogen) atoms. The maximum Gasteiger partial charge on any atom is 0.361 e. The summed E-state index contributed by atoms with van der Waals surface area (Å²) >= 11 is 3.55. The van der Waals surface area contributed by atoms with Crippen LogP contribution in [0.1, 0.15) is 43.3 Å². The van der Waals surface area contributed by atoms with E-state index in [-0.39, 0.29) is 25.0 Å². The van der Waals surface area contributed by atoms with Crippen LogP contribution in [0.5, 0.6) is 6.01 Å². The number of anilines is 1. The Hall–Kier alpha value is -2.86. The minimum atomic E-state index is -4.25. The maximum absolute atomic E-state index is 13.5. The van der Waals surface area contributed by atoms with Crippen LogP contribution in [0.25, 0.3) is 11.2 Å². The molecule has 3 N–H and O–H groups in total. The molecule has 2 heterocycles. The van der Waals surface area contributed by atoms with Gasteiger partial charge in [0.25, 0.3) is 0 Å². The van der Waals surface area contributed by atoms with Gasteiger partial charge in [-0.05, 0) is 40.4 Å². The molecule has 2 aromatic carbocycles. The van der Waals surface area contributed by atoms with E-state index in [0.29, 0.717) is 34.5 Å². The number of halogens is 1. The molecule has 0 bridgehead atoms. The number of hydrogen-bond acceptors (Lipinski definition) is 9. The molecular formula is C27H33BrN5O6P. The third-order valence-electron chi connectivity index (χ3n) is 6.22. The zero-order valence-corrected chi connectivity index (χ0v) is 25.0. The van der Waals surface area contributed by atoms with Gasteiger partial charge < -0.3 is 29.4 Å². The smallest absolute Gasteiger partial charge is 0.361 e. The SMILES string of the molecule is CCC(C)OP(=O)(O)C(OCC(c1ccccc1)n1c(Br)nc2c(N)nc(OCCOC)nc21)c1ccccc1. The van der Waals surface area contributed by atoms with Gasteiger partial charge in [-0.25, -0.2) is 4.98 Å². The quantitative estimate of drug-likeness (QED) is 0.104. The molecule has 0 amide bonds. The van der Waals surface area contributed by atoms with Crippen LogP contribution in [0.2, 0.25) is 0 Å². The molecule has 4 unspecified atom stereocenters. The number of ether oxygens (including phenoxy) is 3. The molecule has 0 aliphatic heterocycles. The summed E-state index contributed by atoms with van der Waals surface area (Å²) in [6, 6.07) is 18.0. The van der Waals surface area contributed by atoms with Crippen molar-refractivity contribution in [1.29, 1.82) is 0 Å². The van der Waals surface area contributed by atoms with Crippen molar-refractivity contribution < 1.29 is 28.2 Å². The predicted octanol–water partition coefficient (Wildman–Crippen LogP) is 5.50. The predicted molar refractivity (Wildman–Crippen MR) is 155 cm³/mol. The molecule has 4 atom stereocenters. The molecule has 0 spiro atoms. The van der Waals surface area contributed by atoms with E-state index < -0.39 is 25.6 Å². The van der Waals surface area contributed by atoms with Gasteiger partial charge in [0.05, 0.1) is 25.4 Å².